The molecule has 11 heavy (non-hydrogen) atoms. The van der Waals surface area contributed by atoms with Crippen LogP contribution in [0, 0.1) is 17.8 Å². The third-order valence-electron chi connectivity index (χ3n) is 3.75. The molecule has 2 saturated carbocycles. The van der Waals surface area contributed by atoms with Crippen LogP contribution in [-0.2, 0) is 4.74 Å². The standard InChI is InChI=1S/C10H16O/c1-6-4-9-10(11-9)5-8(6)7-2-3-7/h6-10H,2-5H2,1H3. The van der Waals surface area contributed by atoms with Crippen LogP contribution in [0.15, 0.2) is 0 Å². The van der Waals surface area contributed by atoms with Gasteiger partial charge in [-0.1, -0.05) is 6.92 Å². The minimum Gasteiger partial charge on any atom is -0.370 e. The summed E-state index contributed by atoms with van der Waals surface area (Å²) in [4.78, 5) is 0. The quantitative estimate of drug-likeness (QED) is 0.525. The van der Waals surface area contributed by atoms with Crippen LogP contribution in [0.3, 0.4) is 0 Å². The Morgan fingerprint density at radius 1 is 1.09 bits per heavy atom. The van der Waals surface area contributed by atoms with Gasteiger partial charge in [0.25, 0.3) is 0 Å². The summed E-state index contributed by atoms with van der Waals surface area (Å²) < 4.78 is 5.56. The van der Waals surface area contributed by atoms with Gasteiger partial charge in [-0.2, -0.15) is 0 Å². The van der Waals surface area contributed by atoms with E-state index in [-0.39, 0.29) is 0 Å². The van der Waals surface area contributed by atoms with E-state index < -0.39 is 0 Å². The average molecular weight is 152 g/mol. The fourth-order valence-corrected chi connectivity index (χ4v) is 2.82. The van der Waals surface area contributed by atoms with Crippen molar-refractivity contribution in [2.45, 2.75) is 44.8 Å². The number of epoxide rings is 1. The summed E-state index contributed by atoms with van der Waals surface area (Å²) >= 11 is 0. The summed E-state index contributed by atoms with van der Waals surface area (Å²) in [5.74, 6) is 3.07. The van der Waals surface area contributed by atoms with E-state index in [2.05, 4.69) is 6.92 Å². The molecule has 3 fully saturated rings. The van der Waals surface area contributed by atoms with E-state index in [1.54, 1.807) is 0 Å². The van der Waals surface area contributed by atoms with E-state index in [0.29, 0.717) is 12.2 Å². The van der Waals surface area contributed by atoms with Crippen molar-refractivity contribution < 1.29 is 4.74 Å². The molecule has 0 bridgehead atoms. The Bertz CT molecular complexity index is 174. The molecule has 0 aromatic heterocycles. The summed E-state index contributed by atoms with van der Waals surface area (Å²) in [6.07, 6.45) is 7.12. The second-order valence-corrected chi connectivity index (χ2v) is 4.66. The zero-order chi connectivity index (χ0) is 7.42. The first-order valence-electron chi connectivity index (χ1n) is 5.00. The highest BCUT2D eigenvalue weighted by Gasteiger charge is 2.50. The number of hydrogen-bond acceptors (Lipinski definition) is 1. The van der Waals surface area contributed by atoms with Gasteiger partial charge in [0.2, 0.25) is 0 Å². The van der Waals surface area contributed by atoms with Crippen LogP contribution in [0.1, 0.15) is 32.6 Å². The maximum absolute atomic E-state index is 5.56. The van der Waals surface area contributed by atoms with Gasteiger partial charge in [-0.05, 0) is 43.4 Å². The van der Waals surface area contributed by atoms with Crippen LogP contribution in [0.5, 0.6) is 0 Å². The molecule has 3 rings (SSSR count). The first kappa shape index (κ1) is 6.47. The van der Waals surface area contributed by atoms with Crippen LogP contribution in [0.4, 0.5) is 0 Å². The summed E-state index contributed by atoms with van der Waals surface area (Å²) in [6.45, 7) is 2.42. The van der Waals surface area contributed by atoms with Gasteiger partial charge in [0.15, 0.2) is 0 Å². The SMILES string of the molecule is CC1CC2OC2CC1C1CC1. The molecule has 1 aliphatic heterocycles. The number of fused-ring (bicyclic) bond motifs is 1. The Balaban J connectivity index is 1.71. The second kappa shape index (κ2) is 2.01. The van der Waals surface area contributed by atoms with E-state index in [9.17, 15) is 0 Å². The van der Waals surface area contributed by atoms with Crippen molar-refractivity contribution in [3.8, 4) is 0 Å². The Morgan fingerprint density at radius 2 is 1.82 bits per heavy atom. The number of ether oxygens (including phenoxy) is 1. The predicted molar refractivity (Wildman–Crippen MR) is 43.3 cm³/mol. The summed E-state index contributed by atoms with van der Waals surface area (Å²) in [7, 11) is 0. The molecule has 0 radical (unpaired) electrons. The third kappa shape index (κ3) is 1.01. The van der Waals surface area contributed by atoms with Crippen molar-refractivity contribution in [3.63, 3.8) is 0 Å². The van der Waals surface area contributed by atoms with E-state index >= 15 is 0 Å². The zero-order valence-electron chi connectivity index (χ0n) is 7.12. The minimum absolute atomic E-state index is 0.681. The molecule has 1 heterocycles. The average Bonchev–Trinajstić information content (AvgIpc) is 2.80. The van der Waals surface area contributed by atoms with Crippen LogP contribution in [0.2, 0.25) is 0 Å². The molecule has 0 amide bonds. The van der Waals surface area contributed by atoms with Gasteiger partial charge in [-0.25, -0.2) is 0 Å². The highest BCUT2D eigenvalue weighted by Crippen LogP contribution is 2.51. The molecule has 1 saturated heterocycles. The van der Waals surface area contributed by atoms with Gasteiger partial charge in [-0.15, -0.1) is 0 Å². The molecule has 4 atom stereocenters. The van der Waals surface area contributed by atoms with Crippen LogP contribution < -0.4 is 0 Å². The molecule has 0 spiro atoms. The lowest BCUT2D eigenvalue weighted by Gasteiger charge is -2.25. The molecular formula is C10H16O. The Hall–Kier alpha value is -0.0400. The molecule has 1 nitrogen and oxygen atoms in total. The largest absolute Gasteiger partial charge is 0.370 e. The van der Waals surface area contributed by atoms with Crippen molar-refractivity contribution in [1.29, 1.82) is 0 Å². The maximum atomic E-state index is 5.56. The lowest BCUT2D eigenvalue weighted by molar-refractivity contribution is 0.253. The third-order valence-corrected chi connectivity index (χ3v) is 3.75. The normalized spacial score (nSPS) is 55.4. The van der Waals surface area contributed by atoms with Gasteiger partial charge in [0.05, 0.1) is 12.2 Å². The predicted octanol–water partition coefficient (Wildman–Crippen LogP) is 2.21. The summed E-state index contributed by atoms with van der Waals surface area (Å²) in [6, 6.07) is 0. The fraction of sp³-hybridized carbons (Fsp3) is 1.00. The molecule has 3 aliphatic rings. The molecule has 62 valence electrons. The lowest BCUT2D eigenvalue weighted by atomic mass is 9.78. The monoisotopic (exact) mass is 152 g/mol. The minimum atomic E-state index is 0.681. The van der Waals surface area contributed by atoms with Crippen molar-refractivity contribution in [3.05, 3.63) is 0 Å². The molecule has 1 heteroatoms. The van der Waals surface area contributed by atoms with Crippen LogP contribution in [0.25, 0.3) is 0 Å². The van der Waals surface area contributed by atoms with Crippen molar-refractivity contribution in [1.82, 2.24) is 0 Å². The Kier molecular flexibility index (Phi) is 1.18. The number of rotatable bonds is 1. The van der Waals surface area contributed by atoms with Crippen molar-refractivity contribution in [2.24, 2.45) is 17.8 Å². The molecular weight excluding hydrogens is 136 g/mol. The Labute approximate surface area is 68.1 Å². The van der Waals surface area contributed by atoms with Gasteiger partial charge in [0.1, 0.15) is 0 Å². The van der Waals surface area contributed by atoms with Crippen LogP contribution in [-0.4, -0.2) is 12.2 Å². The van der Waals surface area contributed by atoms with Gasteiger partial charge in [-0.3, -0.25) is 0 Å². The van der Waals surface area contributed by atoms with Crippen LogP contribution >= 0.6 is 0 Å². The summed E-state index contributed by atoms with van der Waals surface area (Å²) in [5, 5.41) is 0. The molecule has 0 N–H and O–H groups in total. The van der Waals surface area contributed by atoms with Gasteiger partial charge >= 0.3 is 0 Å². The maximum Gasteiger partial charge on any atom is 0.0844 e. The first-order valence-corrected chi connectivity index (χ1v) is 5.00. The van der Waals surface area contributed by atoms with E-state index in [4.69, 9.17) is 4.74 Å². The van der Waals surface area contributed by atoms with Gasteiger partial charge < -0.3 is 4.74 Å². The smallest absolute Gasteiger partial charge is 0.0844 e. The van der Waals surface area contributed by atoms with E-state index in [0.717, 1.165) is 17.8 Å². The lowest BCUT2D eigenvalue weighted by Crippen LogP contribution is -2.23. The van der Waals surface area contributed by atoms with Gasteiger partial charge in [0, 0.05) is 0 Å². The molecule has 4 unspecified atom stereocenters. The summed E-state index contributed by atoms with van der Waals surface area (Å²) in [5.41, 5.74) is 0. The molecule has 0 aromatic carbocycles. The van der Waals surface area contributed by atoms with E-state index in [1.165, 1.54) is 25.7 Å². The highest BCUT2D eigenvalue weighted by atomic mass is 16.6. The fourth-order valence-electron chi connectivity index (χ4n) is 2.82. The number of hydrogen-bond donors (Lipinski definition) is 0. The molecule has 0 aromatic rings. The topological polar surface area (TPSA) is 12.5 Å². The zero-order valence-corrected chi connectivity index (χ0v) is 7.12. The first-order chi connectivity index (χ1) is 5.34. The molecule has 2 aliphatic carbocycles. The highest BCUT2D eigenvalue weighted by molar-refractivity contribution is 4.98. The van der Waals surface area contributed by atoms with E-state index in [1.807, 2.05) is 0 Å². The van der Waals surface area contributed by atoms with Crippen molar-refractivity contribution in [2.75, 3.05) is 0 Å². The van der Waals surface area contributed by atoms with Crippen molar-refractivity contribution >= 4 is 0 Å². The Morgan fingerprint density at radius 3 is 2.55 bits per heavy atom. The second-order valence-electron chi connectivity index (χ2n) is 4.66.